The third-order valence-electron chi connectivity index (χ3n) is 3.17. The molecule has 20 heavy (non-hydrogen) atoms. The molecule has 2 rings (SSSR count). The molecule has 3 nitrogen and oxygen atoms in total. The Morgan fingerprint density at radius 1 is 1.10 bits per heavy atom. The van der Waals surface area contributed by atoms with Gasteiger partial charge in [0.15, 0.2) is 0 Å². The number of halogens is 3. The smallest absolute Gasteiger partial charge is 0.0594 e. The van der Waals surface area contributed by atoms with Crippen LogP contribution in [0, 0.1) is 0 Å². The van der Waals surface area contributed by atoms with Crippen LogP contribution in [0.3, 0.4) is 0 Å². The second kappa shape index (κ2) is 11.6. The number of morpholine rings is 1. The zero-order valence-corrected chi connectivity index (χ0v) is 13.7. The van der Waals surface area contributed by atoms with Gasteiger partial charge < -0.3 is 34.9 Å². The van der Waals surface area contributed by atoms with Crippen molar-refractivity contribution in [3.63, 3.8) is 0 Å². The van der Waals surface area contributed by atoms with Gasteiger partial charge in [0.05, 0.1) is 13.2 Å². The van der Waals surface area contributed by atoms with Gasteiger partial charge in [-0.05, 0) is 37.2 Å². The van der Waals surface area contributed by atoms with Crippen LogP contribution in [-0.4, -0.2) is 44.3 Å². The molecule has 1 fully saturated rings. The summed E-state index contributed by atoms with van der Waals surface area (Å²) < 4.78 is 5.33. The predicted octanol–water partition coefficient (Wildman–Crippen LogP) is -3.84. The fraction of sp³-hybridized carbons (Fsp3) is 0.571. The Labute approximate surface area is 138 Å². The van der Waals surface area contributed by atoms with Gasteiger partial charge in [-0.15, -0.1) is 0 Å². The lowest BCUT2D eigenvalue weighted by Crippen LogP contribution is -3.00. The molecule has 0 radical (unpaired) electrons. The summed E-state index contributed by atoms with van der Waals surface area (Å²) in [6, 6.07) is 8.01. The monoisotopic (exact) mass is 338 g/mol. The normalized spacial score (nSPS) is 15.2. The predicted molar refractivity (Wildman–Crippen MR) is 75.0 cm³/mol. The summed E-state index contributed by atoms with van der Waals surface area (Å²) in [5, 5.41) is 4.26. The molecule has 1 aromatic rings. The Hall–Kier alpha value is -0.0300. The van der Waals surface area contributed by atoms with Gasteiger partial charge in [-0.25, -0.2) is 0 Å². The number of ether oxygens (including phenoxy) is 1. The van der Waals surface area contributed by atoms with Gasteiger partial charge in [0, 0.05) is 24.7 Å². The summed E-state index contributed by atoms with van der Waals surface area (Å²) in [7, 11) is 0. The first kappa shape index (κ1) is 20.0. The minimum atomic E-state index is 0. The Morgan fingerprint density at radius 2 is 1.75 bits per heavy atom. The van der Waals surface area contributed by atoms with Crippen LogP contribution in [0.2, 0.25) is 5.02 Å². The molecule has 0 unspecified atom stereocenters. The highest BCUT2D eigenvalue weighted by molar-refractivity contribution is 6.30. The molecule has 6 heteroatoms. The molecule has 1 saturated heterocycles. The molecule has 1 aromatic carbocycles. The first-order valence-electron chi connectivity index (χ1n) is 6.60. The average Bonchev–Trinajstić information content (AvgIpc) is 2.42. The lowest BCUT2D eigenvalue weighted by Gasteiger charge is -2.26. The Bertz CT molecular complexity index is 343. The van der Waals surface area contributed by atoms with Crippen molar-refractivity contribution in [1.82, 2.24) is 10.2 Å². The standard InChI is InChI=1S/C14H21ClN2O.2ClH/c15-14-4-2-13(3-5-14)12-16-6-1-7-17-8-10-18-11-9-17;;/h2-5,16H,1,6-12H2;2*1H/p-2. The van der Waals surface area contributed by atoms with E-state index in [2.05, 4.69) is 22.3 Å². The third kappa shape index (κ3) is 7.67. The number of nitrogens with zero attached hydrogens (tertiary/aromatic N) is 1. The first-order chi connectivity index (χ1) is 8.84. The maximum atomic E-state index is 5.85. The molecule has 0 aliphatic carbocycles. The fourth-order valence-electron chi connectivity index (χ4n) is 2.09. The van der Waals surface area contributed by atoms with Crippen molar-refractivity contribution in [3.05, 3.63) is 34.9 Å². The third-order valence-corrected chi connectivity index (χ3v) is 3.43. The topological polar surface area (TPSA) is 24.5 Å². The van der Waals surface area contributed by atoms with E-state index in [4.69, 9.17) is 16.3 Å². The van der Waals surface area contributed by atoms with E-state index in [1.54, 1.807) is 0 Å². The molecule has 1 heterocycles. The zero-order chi connectivity index (χ0) is 12.6. The van der Waals surface area contributed by atoms with Crippen LogP contribution in [0.4, 0.5) is 0 Å². The van der Waals surface area contributed by atoms with E-state index in [-0.39, 0.29) is 24.8 Å². The van der Waals surface area contributed by atoms with Crippen molar-refractivity contribution < 1.29 is 29.6 Å². The molecule has 0 amide bonds. The van der Waals surface area contributed by atoms with Crippen molar-refractivity contribution in [2.24, 2.45) is 0 Å². The molecule has 116 valence electrons. The maximum Gasteiger partial charge on any atom is 0.0594 e. The highest BCUT2D eigenvalue weighted by atomic mass is 35.5. The van der Waals surface area contributed by atoms with Gasteiger partial charge in [0.25, 0.3) is 0 Å². The minimum Gasteiger partial charge on any atom is -1.00 e. The number of hydrogen-bond donors (Lipinski definition) is 1. The molecular formula is C14H21Cl3N2O-2. The van der Waals surface area contributed by atoms with E-state index < -0.39 is 0 Å². The Kier molecular flexibility index (Phi) is 11.6. The van der Waals surface area contributed by atoms with E-state index in [1.165, 1.54) is 12.0 Å². The highest BCUT2D eigenvalue weighted by Gasteiger charge is 2.08. The number of rotatable bonds is 6. The summed E-state index contributed by atoms with van der Waals surface area (Å²) in [5.74, 6) is 0. The van der Waals surface area contributed by atoms with Gasteiger partial charge in [-0.1, -0.05) is 23.7 Å². The van der Waals surface area contributed by atoms with E-state index >= 15 is 0 Å². The molecule has 1 aliphatic rings. The van der Waals surface area contributed by atoms with E-state index in [9.17, 15) is 0 Å². The summed E-state index contributed by atoms with van der Waals surface area (Å²) in [4.78, 5) is 2.47. The molecule has 1 aliphatic heterocycles. The minimum absolute atomic E-state index is 0. The zero-order valence-electron chi connectivity index (χ0n) is 11.5. The average molecular weight is 340 g/mol. The second-order valence-corrected chi connectivity index (χ2v) is 5.05. The second-order valence-electron chi connectivity index (χ2n) is 4.61. The van der Waals surface area contributed by atoms with Crippen LogP contribution in [0.5, 0.6) is 0 Å². The van der Waals surface area contributed by atoms with Crippen molar-refractivity contribution in [2.75, 3.05) is 39.4 Å². The largest absolute Gasteiger partial charge is 1.00 e. The number of hydrogen-bond acceptors (Lipinski definition) is 3. The molecule has 0 aromatic heterocycles. The van der Waals surface area contributed by atoms with Crippen molar-refractivity contribution in [2.45, 2.75) is 13.0 Å². The van der Waals surface area contributed by atoms with Crippen molar-refractivity contribution in [3.8, 4) is 0 Å². The van der Waals surface area contributed by atoms with Crippen LogP contribution in [-0.2, 0) is 11.3 Å². The maximum absolute atomic E-state index is 5.85. The van der Waals surface area contributed by atoms with Crippen LogP contribution in [0.25, 0.3) is 0 Å². The molecule has 0 saturated carbocycles. The number of benzene rings is 1. The van der Waals surface area contributed by atoms with E-state index in [0.717, 1.165) is 51.0 Å². The SMILES string of the molecule is Clc1ccc(CNCCCN2CCOCC2)cc1.[Cl-].[Cl-]. The molecule has 0 atom stereocenters. The summed E-state index contributed by atoms with van der Waals surface area (Å²) in [5.41, 5.74) is 1.28. The lowest BCUT2D eigenvalue weighted by atomic mass is 10.2. The van der Waals surface area contributed by atoms with Crippen LogP contribution >= 0.6 is 11.6 Å². The number of nitrogens with one attached hydrogen (secondary N) is 1. The van der Waals surface area contributed by atoms with Gasteiger partial charge in [-0.2, -0.15) is 0 Å². The van der Waals surface area contributed by atoms with Crippen molar-refractivity contribution >= 4 is 11.6 Å². The molecule has 1 N–H and O–H groups in total. The van der Waals surface area contributed by atoms with Gasteiger partial charge in [-0.3, -0.25) is 4.90 Å². The van der Waals surface area contributed by atoms with E-state index in [0.29, 0.717) is 0 Å². The molecular weight excluding hydrogens is 319 g/mol. The van der Waals surface area contributed by atoms with Gasteiger partial charge in [0.1, 0.15) is 0 Å². The molecule has 0 spiro atoms. The molecule has 0 bridgehead atoms. The quantitative estimate of drug-likeness (QED) is 0.538. The summed E-state index contributed by atoms with van der Waals surface area (Å²) >= 11 is 5.85. The summed E-state index contributed by atoms with van der Waals surface area (Å²) in [6.07, 6.45) is 1.19. The van der Waals surface area contributed by atoms with Crippen LogP contribution in [0.1, 0.15) is 12.0 Å². The van der Waals surface area contributed by atoms with Gasteiger partial charge in [0.2, 0.25) is 0 Å². The highest BCUT2D eigenvalue weighted by Crippen LogP contribution is 2.09. The first-order valence-corrected chi connectivity index (χ1v) is 6.98. The Morgan fingerprint density at radius 3 is 2.40 bits per heavy atom. The van der Waals surface area contributed by atoms with Crippen LogP contribution < -0.4 is 30.1 Å². The van der Waals surface area contributed by atoms with E-state index in [1.807, 2.05) is 12.1 Å². The Balaban J connectivity index is 0.00000180. The van der Waals surface area contributed by atoms with Gasteiger partial charge >= 0.3 is 0 Å². The van der Waals surface area contributed by atoms with Crippen LogP contribution in [0.15, 0.2) is 24.3 Å². The fourth-order valence-corrected chi connectivity index (χ4v) is 2.21. The van der Waals surface area contributed by atoms with Crippen molar-refractivity contribution in [1.29, 1.82) is 0 Å². The summed E-state index contributed by atoms with van der Waals surface area (Å²) in [6.45, 7) is 7.07. The lowest BCUT2D eigenvalue weighted by molar-refractivity contribution is -0.001000.